The van der Waals surface area contributed by atoms with Crippen molar-refractivity contribution < 1.29 is 18.0 Å². The third-order valence-electron chi connectivity index (χ3n) is 15.6. The van der Waals surface area contributed by atoms with Crippen LogP contribution in [0.4, 0.5) is 0 Å². The number of oxime groups is 1. The van der Waals surface area contributed by atoms with Crippen LogP contribution in [0, 0.1) is 50.2 Å². The lowest BCUT2D eigenvalue weighted by molar-refractivity contribution is -0.176. The Kier molecular flexibility index (Phi) is 8.08. The van der Waals surface area contributed by atoms with Crippen molar-refractivity contribution in [1.29, 1.82) is 0 Å². The van der Waals surface area contributed by atoms with Crippen LogP contribution in [0.3, 0.4) is 0 Å². The summed E-state index contributed by atoms with van der Waals surface area (Å²) in [6.07, 6.45) is 14.7. The van der Waals surface area contributed by atoms with Gasteiger partial charge in [-0.2, -0.15) is 4.31 Å². The number of nitrogens with zero attached hydrogens (tertiary/aromatic N) is 3. The van der Waals surface area contributed by atoms with Crippen molar-refractivity contribution in [1.82, 2.24) is 9.21 Å². The van der Waals surface area contributed by atoms with E-state index in [1.54, 1.807) is 17.0 Å². The van der Waals surface area contributed by atoms with Crippen molar-refractivity contribution in [2.24, 2.45) is 55.4 Å². The van der Waals surface area contributed by atoms with Gasteiger partial charge < -0.3 is 9.74 Å². The van der Waals surface area contributed by atoms with Crippen LogP contribution in [-0.2, 0) is 19.7 Å². The van der Waals surface area contributed by atoms with E-state index in [0.29, 0.717) is 30.8 Å². The SMILES string of the molecule is CO/N=C1\CC[C@@]2(C)C(CC[C@]3(C)C2CC=C2C4CC(C)(C)CCC4(C(=O)N4CC(C)N(S(C)(=O)=O)C(C)C4)CC[C@]23C)C1(C)C. The minimum absolute atomic E-state index is 0.0200. The summed E-state index contributed by atoms with van der Waals surface area (Å²) in [6.45, 7) is 22.3. The maximum Gasteiger partial charge on any atom is 0.229 e. The van der Waals surface area contributed by atoms with Gasteiger partial charge in [-0.1, -0.05) is 65.3 Å². The topological polar surface area (TPSA) is 79.3 Å². The van der Waals surface area contributed by atoms with Gasteiger partial charge in [0.15, 0.2) is 0 Å². The highest BCUT2D eigenvalue weighted by Gasteiger charge is 2.69. The Balaban J connectivity index is 1.37. The van der Waals surface area contributed by atoms with Crippen LogP contribution in [0.1, 0.15) is 127 Å². The number of carbonyl (C=O) groups is 1. The summed E-state index contributed by atoms with van der Waals surface area (Å²) in [5.41, 5.74) is 3.11. The van der Waals surface area contributed by atoms with Crippen molar-refractivity contribution in [3.63, 3.8) is 0 Å². The molecule has 0 aromatic carbocycles. The first-order valence-corrected chi connectivity index (χ1v) is 20.1. The molecular weight excluding hydrogens is 595 g/mol. The average Bonchev–Trinajstić information content (AvgIpc) is 2.93. The van der Waals surface area contributed by atoms with Gasteiger partial charge in [-0.15, -0.1) is 0 Å². The molecule has 0 aromatic rings. The number of allylic oxidation sites excluding steroid dienone is 2. The minimum atomic E-state index is -3.33. The van der Waals surface area contributed by atoms with Gasteiger partial charge in [0, 0.05) is 30.6 Å². The highest BCUT2D eigenvalue weighted by Crippen LogP contribution is 2.75. The molecule has 6 aliphatic rings. The van der Waals surface area contributed by atoms with Gasteiger partial charge >= 0.3 is 0 Å². The summed E-state index contributed by atoms with van der Waals surface area (Å²) in [4.78, 5) is 22.4. The Morgan fingerprint density at radius 1 is 0.913 bits per heavy atom. The summed E-state index contributed by atoms with van der Waals surface area (Å²) in [7, 11) is -1.65. The molecule has 6 rings (SSSR count). The lowest BCUT2D eigenvalue weighted by Gasteiger charge is -2.71. The predicted octanol–water partition coefficient (Wildman–Crippen LogP) is 7.67. The van der Waals surface area contributed by atoms with Crippen LogP contribution >= 0.6 is 0 Å². The molecule has 1 heterocycles. The zero-order valence-electron chi connectivity index (χ0n) is 30.8. The molecule has 46 heavy (non-hydrogen) atoms. The summed E-state index contributed by atoms with van der Waals surface area (Å²) in [5, 5.41) is 4.54. The number of piperazine rings is 1. The van der Waals surface area contributed by atoms with Crippen molar-refractivity contribution in [2.75, 3.05) is 26.5 Å². The molecule has 1 amide bonds. The number of carbonyl (C=O) groups excluding carboxylic acids is 1. The summed E-state index contributed by atoms with van der Waals surface area (Å²) < 4.78 is 26.9. The zero-order chi connectivity index (χ0) is 33.9. The Labute approximate surface area is 280 Å². The molecule has 9 atom stereocenters. The van der Waals surface area contributed by atoms with Crippen LogP contribution in [0.5, 0.6) is 0 Å². The number of amides is 1. The molecule has 1 saturated heterocycles. The Morgan fingerprint density at radius 2 is 1.54 bits per heavy atom. The second kappa shape index (κ2) is 10.8. The number of sulfonamides is 1. The Bertz CT molecular complexity index is 1420. The van der Waals surface area contributed by atoms with Crippen LogP contribution in [-0.4, -0.2) is 67.8 Å². The van der Waals surface area contributed by atoms with Gasteiger partial charge in [0.1, 0.15) is 7.11 Å². The molecule has 0 radical (unpaired) electrons. The van der Waals surface area contributed by atoms with Crippen molar-refractivity contribution in [2.45, 2.75) is 139 Å². The van der Waals surface area contributed by atoms with E-state index >= 15 is 4.79 Å². The summed E-state index contributed by atoms with van der Waals surface area (Å²) in [6, 6.07) is -0.435. The molecule has 1 aliphatic heterocycles. The van der Waals surface area contributed by atoms with Crippen molar-refractivity contribution >= 4 is 21.6 Å². The van der Waals surface area contributed by atoms with Crippen LogP contribution < -0.4 is 0 Å². The van der Waals surface area contributed by atoms with Gasteiger partial charge in [-0.3, -0.25) is 4.79 Å². The first-order chi connectivity index (χ1) is 21.2. The molecule has 4 saturated carbocycles. The lowest BCUT2D eigenvalue weighted by atomic mass is 9.33. The Morgan fingerprint density at radius 3 is 2.15 bits per heavy atom. The molecule has 8 heteroatoms. The largest absolute Gasteiger partial charge is 0.399 e. The molecule has 5 aliphatic carbocycles. The van der Waals surface area contributed by atoms with Gasteiger partial charge in [-0.05, 0) is 117 Å². The molecular formula is C38H63N3O4S. The highest BCUT2D eigenvalue weighted by atomic mass is 32.2. The fraction of sp³-hybridized carbons (Fsp3) is 0.895. The van der Waals surface area contributed by atoms with Crippen LogP contribution in [0.25, 0.3) is 0 Å². The second-order valence-corrected chi connectivity index (χ2v) is 20.7. The lowest BCUT2D eigenvalue weighted by Crippen LogP contribution is -2.66. The van der Waals surface area contributed by atoms with E-state index in [4.69, 9.17) is 4.84 Å². The fourth-order valence-corrected chi connectivity index (χ4v) is 14.6. The van der Waals surface area contributed by atoms with E-state index in [0.717, 1.165) is 51.4 Å². The van der Waals surface area contributed by atoms with Crippen LogP contribution in [0.15, 0.2) is 16.8 Å². The molecule has 0 N–H and O–H groups in total. The average molecular weight is 658 g/mol. The molecule has 7 nitrogen and oxygen atoms in total. The normalized spacial score (nSPS) is 46.3. The maximum atomic E-state index is 15.0. The second-order valence-electron chi connectivity index (χ2n) is 18.8. The minimum Gasteiger partial charge on any atom is -0.399 e. The monoisotopic (exact) mass is 657 g/mol. The third-order valence-corrected chi connectivity index (χ3v) is 17.0. The first kappa shape index (κ1) is 34.5. The van der Waals surface area contributed by atoms with Gasteiger partial charge in [-0.25, -0.2) is 8.42 Å². The molecule has 0 spiro atoms. The highest BCUT2D eigenvalue weighted by molar-refractivity contribution is 7.88. The molecule has 0 bridgehead atoms. The van der Waals surface area contributed by atoms with E-state index in [1.807, 2.05) is 13.8 Å². The maximum absolute atomic E-state index is 15.0. The van der Waals surface area contributed by atoms with E-state index in [2.05, 4.69) is 64.6 Å². The number of hydrogen-bond acceptors (Lipinski definition) is 5. The smallest absolute Gasteiger partial charge is 0.229 e. The number of hydrogen-bond donors (Lipinski definition) is 0. The number of rotatable bonds is 3. The number of fused-ring (bicyclic) bond motifs is 7. The van der Waals surface area contributed by atoms with E-state index in [9.17, 15) is 8.42 Å². The molecule has 5 fully saturated rings. The quantitative estimate of drug-likeness (QED) is 0.231. The first-order valence-electron chi connectivity index (χ1n) is 18.3. The molecule has 260 valence electrons. The van der Waals surface area contributed by atoms with Crippen LogP contribution in [0.2, 0.25) is 0 Å². The fourth-order valence-electron chi connectivity index (χ4n) is 13.2. The van der Waals surface area contributed by atoms with Crippen molar-refractivity contribution in [3.05, 3.63) is 11.6 Å². The van der Waals surface area contributed by atoms with Crippen molar-refractivity contribution in [3.8, 4) is 0 Å². The summed E-state index contributed by atoms with van der Waals surface area (Å²) >= 11 is 0. The molecule has 0 aromatic heterocycles. The van der Waals surface area contributed by atoms with E-state index in [1.165, 1.54) is 24.8 Å². The van der Waals surface area contributed by atoms with E-state index in [-0.39, 0.29) is 45.1 Å². The standard InChI is InChI=1S/C38H63N3O4S/c1-25-23-40(24-26(2)41(25)46(11,43)44)32(42)38-20-18-33(3,4)22-28(38)27-12-13-30-35(7)16-15-31(39-45-10)34(5,6)29(35)14-17-37(30,9)36(27,8)19-21-38/h12,25-26,28-30H,13-24H2,1-11H3/b39-31+/t25?,26?,28?,29?,30?,35-,36+,37+,38?/m0/s1. The van der Waals surface area contributed by atoms with Gasteiger partial charge in [0.2, 0.25) is 15.9 Å². The summed E-state index contributed by atoms with van der Waals surface area (Å²) in [5.74, 6) is 1.71. The third kappa shape index (κ3) is 4.75. The zero-order valence-corrected chi connectivity index (χ0v) is 31.6. The predicted molar refractivity (Wildman–Crippen MR) is 186 cm³/mol. The van der Waals surface area contributed by atoms with Gasteiger partial charge in [0.25, 0.3) is 0 Å². The van der Waals surface area contributed by atoms with E-state index < -0.39 is 15.4 Å². The molecule has 6 unspecified atom stereocenters. The Hall–Kier alpha value is -1.41. The van der Waals surface area contributed by atoms with Gasteiger partial charge in [0.05, 0.1) is 17.4 Å².